The Morgan fingerprint density at radius 3 is 2.53 bits per heavy atom. The summed E-state index contributed by atoms with van der Waals surface area (Å²) in [5.74, 6) is 0.959. The third-order valence-corrected chi connectivity index (χ3v) is 3.00. The lowest BCUT2D eigenvalue weighted by Gasteiger charge is -2.08. The fraction of sp³-hybridized carbons (Fsp3) is 0.294. The summed E-state index contributed by atoms with van der Waals surface area (Å²) in [7, 11) is 1.95. The molecular weight excluding hydrogens is 234 g/mol. The van der Waals surface area contributed by atoms with E-state index in [4.69, 9.17) is 4.74 Å². The lowest BCUT2D eigenvalue weighted by molar-refractivity contribution is 0.310. The zero-order chi connectivity index (χ0) is 13.3. The van der Waals surface area contributed by atoms with E-state index in [9.17, 15) is 0 Å². The van der Waals surface area contributed by atoms with Gasteiger partial charge in [0.05, 0.1) is 6.61 Å². The minimum atomic E-state index is 0.762. The molecule has 100 valence electrons. The fourth-order valence-corrected chi connectivity index (χ4v) is 2.06. The van der Waals surface area contributed by atoms with Gasteiger partial charge in [-0.1, -0.05) is 42.5 Å². The number of hydrogen-bond acceptors (Lipinski definition) is 2. The van der Waals surface area contributed by atoms with Crippen LogP contribution in [0, 0.1) is 0 Å². The Labute approximate surface area is 115 Å². The Kier molecular flexibility index (Phi) is 5.45. The third-order valence-electron chi connectivity index (χ3n) is 3.00. The Morgan fingerprint density at radius 1 is 0.947 bits per heavy atom. The van der Waals surface area contributed by atoms with Crippen LogP contribution in [0.5, 0.6) is 5.75 Å². The standard InChI is InChI=1S/C17H21NO/c1-18-14-16-9-5-11-17(13-16)19-12-6-10-15-7-3-2-4-8-15/h2-5,7-9,11,13,18H,6,10,12,14H2,1H3. The van der Waals surface area contributed by atoms with Crippen LogP contribution in [0.4, 0.5) is 0 Å². The smallest absolute Gasteiger partial charge is 0.119 e. The predicted octanol–water partition coefficient (Wildman–Crippen LogP) is 3.42. The van der Waals surface area contributed by atoms with E-state index in [1.54, 1.807) is 0 Å². The van der Waals surface area contributed by atoms with Crippen LogP contribution < -0.4 is 10.1 Å². The van der Waals surface area contributed by atoms with Crippen LogP contribution in [-0.4, -0.2) is 13.7 Å². The third kappa shape index (κ3) is 4.76. The molecule has 0 aliphatic carbocycles. The molecule has 0 spiro atoms. The quantitative estimate of drug-likeness (QED) is 0.765. The van der Waals surface area contributed by atoms with Crippen molar-refractivity contribution in [2.24, 2.45) is 0 Å². The van der Waals surface area contributed by atoms with Crippen molar-refractivity contribution in [2.45, 2.75) is 19.4 Å². The second-order valence-electron chi connectivity index (χ2n) is 4.62. The van der Waals surface area contributed by atoms with Gasteiger partial charge >= 0.3 is 0 Å². The molecule has 0 aliphatic rings. The van der Waals surface area contributed by atoms with Crippen molar-refractivity contribution in [1.82, 2.24) is 5.32 Å². The Morgan fingerprint density at radius 2 is 1.74 bits per heavy atom. The van der Waals surface area contributed by atoms with Crippen LogP contribution in [-0.2, 0) is 13.0 Å². The maximum absolute atomic E-state index is 5.79. The molecule has 19 heavy (non-hydrogen) atoms. The van der Waals surface area contributed by atoms with E-state index in [2.05, 4.69) is 41.7 Å². The Bertz CT molecular complexity index is 482. The molecule has 0 heterocycles. The van der Waals surface area contributed by atoms with Gasteiger partial charge in [0.2, 0.25) is 0 Å². The van der Waals surface area contributed by atoms with E-state index in [0.29, 0.717) is 0 Å². The van der Waals surface area contributed by atoms with Crippen molar-refractivity contribution in [3.05, 3.63) is 65.7 Å². The van der Waals surface area contributed by atoms with Gasteiger partial charge in [-0.2, -0.15) is 0 Å². The second-order valence-corrected chi connectivity index (χ2v) is 4.62. The van der Waals surface area contributed by atoms with Crippen molar-refractivity contribution in [3.8, 4) is 5.75 Å². The van der Waals surface area contributed by atoms with E-state index < -0.39 is 0 Å². The van der Waals surface area contributed by atoms with E-state index >= 15 is 0 Å². The first-order valence-electron chi connectivity index (χ1n) is 6.79. The van der Waals surface area contributed by atoms with E-state index in [1.165, 1.54) is 11.1 Å². The highest BCUT2D eigenvalue weighted by molar-refractivity contribution is 5.28. The summed E-state index contributed by atoms with van der Waals surface area (Å²) < 4.78 is 5.79. The van der Waals surface area contributed by atoms with E-state index in [0.717, 1.165) is 31.7 Å². The summed E-state index contributed by atoms with van der Waals surface area (Å²) in [5, 5.41) is 3.14. The van der Waals surface area contributed by atoms with Gasteiger partial charge in [-0.15, -0.1) is 0 Å². The van der Waals surface area contributed by atoms with Crippen LogP contribution in [0.2, 0.25) is 0 Å². The first-order valence-corrected chi connectivity index (χ1v) is 6.79. The van der Waals surface area contributed by atoms with Gasteiger partial charge in [-0.3, -0.25) is 0 Å². The lowest BCUT2D eigenvalue weighted by Crippen LogP contribution is -2.05. The van der Waals surface area contributed by atoms with Gasteiger partial charge in [0.25, 0.3) is 0 Å². The van der Waals surface area contributed by atoms with Crippen LogP contribution in [0.3, 0.4) is 0 Å². The Hall–Kier alpha value is -1.80. The molecule has 0 aliphatic heterocycles. The largest absolute Gasteiger partial charge is 0.494 e. The molecule has 2 aromatic rings. The summed E-state index contributed by atoms with van der Waals surface area (Å²) in [6.45, 7) is 1.64. The zero-order valence-corrected chi connectivity index (χ0v) is 11.4. The number of ether oxygens (including phenoxy) is 1. The minimum Gasteiger partial charge on any atom is -0.494 e. The first-order chi connectivity index (χ1) is 9.38. The SMILES string of the molecule is CNCc1cccc(OCCCc2ccccc2)c1. The molecular formula is C17H21NO. The van der Waals surface area contributed by atoms with Gasteiger partial charge in [0.1, 0.15) is 5.75 Å². The number of nitrogens with one attached hydrogen (secondary N) is 1. The molecule has 0 fully saturated rings. The molecule has 0 radical (unpaired) electrons. The van der Waals surface area contributed by atoms with Crippen molar-refractivity contribution in [2.75, 3.05) is 13.7 Å². The summed E-state index contributed by atoms with van der Waals surface area (Å²) in [4.78, 5) is 0. The van der Waals surface area contributed by atoms with Gasteiger partial charge < -0.3 is 10.1 Å². The van der Waals surface area contributed by atoms with Gasteiger partial charge in [0.15, 0.2) is 0 Å². The monoisotopic (exact) mass is 255 g/mol. The van der Waals surface area contributed by atoms with E-state index in [1.807, 2.05) is 25.2 Å². The van der Waals surface area contributed by atoms with Crippen molar-refractivity contribution in [1.29, 1.82) is 0 Å². The fourth-order valence-electron chi connectivity index (χ4n) is 2.06. The van der Waals surface area contributed by atoms with Crippen molar-refractivity contribution < 1.29 is 4.74 Å². The number of benzene rings is 2. The number of aryl methyl sites for hydroxylation is 1. The molecule has 1 N–H and O–H groups in total. The van der Waals surface area contributed by atoms with Crippen molar-refractivity contribution >= 4 is 0 Å². The van der Waals surface area contributed by atoms with Gasteiger partial charge in [-0.25, -0.2) is 0 Å². The normalized spacial score (nSPS) is 10.4. The molecule has 0 unspecified atom stereocenters. The van der Waals surface area contributed by atoms with Gasteiger partial charge in [0, 0.05) is 6.54 Å². The molecule has 0 saturated carbocycles. The second kappa shape index (κ2) is 7.59. The predicted molar refractivity (Wildman–Crippen MR) is 79.5 cm³/mol. The van der Waals surface area contributed by atoms with Crippen molar-refractivity contribution in [3.63, 3.8) is 0 Å². The molecule has 0 amide bonds. The highest BCUT2D eigenvalue weighted by Gasteiger charge is 1.97. The molecule has 2 aromatic carbocycles. The maximum Gasteiger partial charge on any atom is 0.119 e. The number of rotatable bonds is 7. The number of hydrogen-bond donors (Lipinski definition) is 1. The molecule has 2 heteroatoms. The molecule has 0 atom stereocenters. The zero-order valence-electron chi connectivity index (χ0n) is 11.4. The van der Waals surface area contributed by atoms with Crippen LogP contribution in [0.1, 0.15) is 17.5 Å². The average Bonchev–Trinajstić information content (AvgIpc) is 2.46. The Balaban J connectivity index is 1.75. The summed E-state index contributed by atoms with van der Waals surface area (Å²) in [5.41, 5.74) is 2.62. The molecule has 0 saturated heterocycles. The van der Waals surface area contributed by atoms with Crippen LogP contribution in [0.25, 0.3) is 0 Å². The average molecular weight is 255 g/mol. The molecule has 0 aromatic heterocycles. The maximum atomic E-state index is 5.79. The topological polar surface area (TPSA) is 21.3 Å². The molecule has 0 bridgehead atoms. The lowest BCUT2D eigenvalue weighted by atomic mass is 10.1. The highest BCUT2D eigenvalue weighted by Crippen LogP contribution is 2.13. The summed E-state index contributed by atoms with van der Waals surface area (Å²) in [6.07, 6.45) is 2.11. The summed E-state index contributed by atoms with van der Waals surface area (Å²) in [6, 6.07) is 18.8. The first kappa shape index (κ1) is 13.6. The van der Waals surface area contributed by atoms with Gasteiger partial charge in [-0.05, 0) is 43.1 Å². The van der Waals surface area contributed by atoms with E-state index in [-0.39, 0.29) is 0 Å². The van der Waals surface area contributed by atoms with Crippen LogP contribution in [0.15, 0.2) is 54.6 Å². The molecule has 2 nitrogen and oxygen atoms in total. The minimum absolute atomic E-state index is 0.762. The van der Waals surface area contributed by atoms with Crippen LogP contribution >= 0.6 is 0 Å². The highest BCUT2D eigenvalue weighted by atomic mass is 16.5. The summed E-state index contributed by atoms with van der Waals surface area (Å²) >= 11 is 0. The molecule has 2 rings (SSSR count).